The van der Waals surface area contributed by atoms with Gasteiger partial charge in [0.25, 0.3) is 0 Å². The first-order valence-corrected chi connectivity index (χ1v) is 7.34. The predicted octanol–water partition coefficient (Wildman–Crippen LogP) is 2.23. The van der Waals surface area contributed by atoms with Crippen LogP contribution in [0, 0.1) is 11.6 Å². The molecule has 2 unspecified atom stereocenters. The van der Waals surface area contributed by atoms with Crippen molar-refractivity contribution in [2.24, 2.45) is 0 Å². The van der Waals surface area contributed by atoms with Crippen LogP contribution in [0.2, 0.25) is 0 Å². The van der Waals surface area contributed by atoms with E-state index in [0.29, 0.717) is 12.8 Å². The first kappa shape index (κ1) is 12.2. The summed E-state index contributed by atoms with van der Waals surface area (Å²) in [4.78, 5) is 0. The zero-order valence-electron chi connectivity index (χ0n) is 9.73. The van der Waals surface area contributed by atoms with Gasteiger partial charge in [-0.25, -0.2) is 8.78 Å². The highest BCUT2D eigenvalue weighted by Crippen LogP contribution is 2.45. The predicted molar refractivity (Wildman–Crippen MR) is 64.4 cm³/mol. The summed E-state index contributed by atoms with van der Waals surface area (Å²) in [5, 5.41) is 10.5. The molecule has 2 nitrogen and oxygen atoms in total. The lowest BCUT2D eigenvalue weighted by molar-refractivity contribution is 0.0179. The van der Waals surface area contributed by atoms with E-state index in [0.717, 1.165) is 18.9 Å². The fourth-order valence-electron chi connectivity index (χ4n) is 3.14. The summed E-state index contributed by atoms with van der Waals surface area (Å²) in [6.45, 7) is 0. The maximum atomic E-state index is 13.2. The lowest BCUT2D eigenvalue weighted by Crippen LogP contribution is -2.40. The molecule has 0 amide bonds. The van der Waals surface area contributed by atoms with Gasteiger partial charge in [0, 0.05) is 27.4 Å². The minimum Gasteiger partial charge on any atom is -0.385 e. The molecule has 0 spiro atoms. The van der Waals surface area contributed by atoms with Crippen LogP contribution in [0.4, 0.5) is 8.78 Å². The number of benzene rings is 1. The third-order valence-electron chi connectivity index (χ3n) is 4.00. The van der Waals surface area contributed by atoms with Crippen molar-refractivity contribution in [3.63, 3.8) is 0 Å². The van der Waals surface area contributed by atoms with Crippen molar-refractivity contribution in [3.05, 3.63) is 35.4 Å². The lowest BCUT2D eigenvalue weighted by atomic mass is 9.86. The van der Waals surface area contributed by atoms with E-state index in [1.807, 2.05) is 0 Å². The van der Waals surface area contributed by atoms with Crippen molar-refractivity contribution < 1.29 is 18.1 Å². The standard InChI is InChI=1S/C13H14F2O2S/c14-9-3-8(4-10(15)5-9)13(16)6-11-1-2-12(7-13)18(11)17/h3-5,11-12,16H,1-2,6-7H2. The summed E-state index contributed by atoms with van der Waals surface area (Å²) >= 11 is 0. The molecule has 5 heteroatoms. The maximum Gasteiger partial charge on any atom is 0.126 e. The van der Waals surface area contributed by atoms with Crippen LogP contribution in [-0.4, -0.2) is 19.8 Å². The second-order valence-electron chi connectivity index (χ2n) is 5.25. The molecule has 2 bridgehead atoms. The zero-order valence-corrected chi connectivity index (χ0v) is 10.6. The molecule has 0 aromatic heterocycles. The molecular weight excluding hydrogens is 258 g/mol. The Bertz CT molecular complexity index is 481. The van der Waals surface area contributed by atoms with Crippen molar-refractivity contribution in [1.29, 1.82) is 0 Å². The Balaban J connectivity index is 1.98. The Morgan fingerprint density at radius 1 is 1.11 bits per heavy atom. The van der Waals surface area contributed by atoms with Crippen LogP contribution >= 0.6 is 0 Å². The Morgan fingerprint density at radius 3 is 2.11 bits per heavy atom. The molecule has 2 saturated heterocycles. The molecule has 0 aliphatic carbocycles. The highest BCUT2D eigenvalue weighted by molar-refractivity contribution is 7.86. The number of hydrogen-bond acceptors (Lipinski definition) is 2. The quantitative estimate of drug-likeness (QED) is 0.851. The monoisotopic (exact) mass is 272 g/mol. The van der Waals surface area contributed by atoms with E-state index in [2.05, 4.69) is 0 Å². The highest BCUT2D eigenvalue weighted by atomic mass is 32.2. The number of rotatable bonds is 1. The molecule has 98 valence electrons. The van der Waals surface area contributed by atoms with Gasteiger partial charge in [-0.05, 0) is 43.4 Å². The van der Waals surface area contributed by atoms with Crippen LogP contribution in [0.3, 0.4) is 0 Å². The summed E-state index contributed by atoms with van der Waals surface area (Å²) in [6, 6.07) is 3.15. The number of fused-ring (bicyclic) bond motifs is 2. The van der Waals surface area contributed by atoms with Gasteiger partial charge < -0.3 is 5.11 Å². The van der Waals surface area contributed by atoms with Crippen LogP contribution in [0.5, 0.6) is 0 Å². The zero-order chi connectivity index (χ0) is 12.9. The Morgan fingerprint density at radius 2 is 1.61 bits per heavy atom. The summed E-state index contributed by atoms with van der Waals surface area (Å²) in [5.41, 5.74) is -0.962. The molecule has 1 aromatic carbocycles. The van der Waals surface area contributed by atoms with Crippen molar-refractivity contribution >= 4 is 10.8 Å². The average molecular weight is 272 g/mol. The number of hydrogen-bond donors (Lipinski definition) is 1. The number of halogens is 2. The van der Waals surface area contributed by atoms with E-state index in [-0.39, 0.29) is 16.1 Å². The van der Waals surface area contributed by atoms with E-state index in [4.69, 9.17) is 0 Å². The first-order chi connectivity index (χ1) is 8.48. The Kier molecular flexibility index (Phi) is 2.79. The number of aliphatic hydroxyl groups is 1. The SMILES string of the molecule is O=S1C2CCC1CC(O)(c1cc(F)cc(F)c1)C2. The third-order valence-corrected chi connectivity index (χ3v) is 6.12. The molecule has 0 saturated carbocycles. The van der Waals surface area contributed by atoms with Crippen molar-refractivity contribution in [2.45, 2.75) is 41.8 Å². The van der Waals surface area contributed by atoms with E-state index >= 15 is 0 Å². The molecule has 2 aliphatic heterocycles. The van der Waals surface area contributed by atoms with E-state index in [1.165, 1.54) is 12.1 Å². The largest absolute Gasteiger partial charge is 0.385 e. The van der Waals surface area contributed by atoms with E-state index in [9.17, 15) is 18.1 Å². The van der Waals surface area contributed by atoms with Gasteiger partial charge in [-0.2, -0.15) is 0 Å². The average Bonchev–Trinajstić information content (AvgIpc) is 2.52. The fourth-order valence-corrected chi connectivity index (χ4v) is 5.30. The van der Waals surface area contributed by atoms with Crippen molar-refractivity contribution in [1.82, 2.24) is 0 Å². The molecule has 0 radical (unpaired) electrons. The minimum atomic E-state index is -1.23. The van der Waals surface area contributed by atoms with Crippen LogP contribution in [0.1, 0.15) is 31.2 Å². The molecular formula is C13H14F2O2S. The van der Waals surface area contributed by atoms with E-state index in [1.54, 1.807) is 0 Å². The van der Waals surface area contributed by atoms with Crippen LogP contribution in [0.25, 0.3) is 0 Å². The third kappa shape index (κ3) is 1.89. The summed E-state index contributed by atoms with van der Waals surface area (Å²) in [6.07, 6.45) is 2.33. The van der Waals surface area contributed by atoms with Crippen molar-refractivity contribution in [2.75, 3.05) is 0 Å². The highest BCUT2D eigenvalue weighted by Gasteiger charge is 2.48. The molecule has 1 aromatic rings. The molecule has 2 heterocycles. The maximum absolute atomic E-state index is 13.2. The van der Waals surface area contributed by atoms with Gasteiger partial charge in [0.1, 0.15) is 11.6 Å². The first-order valence-electron chi connectivity index (χ1n) is 6.06. The van der Waals surface area contributed by atoms with Gasteiger partial charge in [-0.3, -0.25) is 4.21 Å². The minimum absolute atomic E-state index is 0.0416. The molecule has 18 heavy (non-hydrogen) atoms. The smallest absolute Gasteiger partial charge is 0.126 e. The normalized spacial score (nSPS) is 38.9. The summed E-state index contributed by atoms with van der Waals surface area (Å²) < 4.78 is 38.3. The molecule has 2 aliphatic rings. The Labute approximate surface area is 106 Å². The van der Waals surface area contributed by atoms with Crippen LogP contribution in [0.15, 0.2) is 18.2 Å². The molecule has 2 atom stereocenters. The fraction of sp³-hybridized carbons (Fsp3) is 0.538. The van der Waals surface area contributed by atoms with Gasteiger partial charge >= 0.3 is 0 Å². The van der Waals surface area contributed by atoms with Gasteiger partial charge in [0.2, 0.25) is 0 Å². The Hall–Kier alpha value is -0.810. The molecule has 2 fully saturated rings. The second kappa shape index (κ2) is 4.10. The van der Waals surface area contributed by atoms with Crippen LogP contribution in [-0.2, 0) is 16.4 Å². The topological polar surface area (TPSA) is 37.3 Å². The summed E-state index contributed by atoms with van der Waals surface area (Å²) in [7, 11) is -0.897. The van der Waals surface area contributed by atoms with Gasteiger partial charge in [0.15, 0.2) is 0 Å². The molecule has 1 N–H and O–H groups in total. The van der Waals surface area contributed by atoms with Gasteiger partial charge in [-0.15, -0.1) is 0 Å². The molecule has 3 rings (SSSR count). The van der Waals surface area contributed by atoms with E-state index < -0.39 is 28.0 Å². The van der Waals surface area contributed by atoms with Gasteiger partial charge in [-0.1, -0.05) is 0 Å². The lowest BCUT2D eigenvalue weighted by Gasteiger charge is -2.36. The van der Waals surface area contributed by atoms with Crippen molar-refractivity contribution in [3.8, 4) is 0 Å². The van der Waals surface area contributed by atoms with Crippen LogP contribution < -0.4 is 0 Å². The second-order valence-corrected chi connectivity index (χ2v) is 7.24. The van der Waals surface area contributed by atoms with Gasteiger partial charge in [0.05, 0.1) is 5.60 Å². The summed E-state index contributed by atoms with van der Waals surface area (Å²) in [5.74, 6) is -1.37.